The van der Waals surface area contributed by atoms with Crippen LogP contribution in [0.2, 0.25) is 0 Å². The second-order valence-electron chi connectivity index (χ2n) is 8.71. The van der Waals surface area contributed by atoms with Gasteiger partial charge in [-0.15, -0.1) is 0 Å². The second kappa shape index (κ2) is 11.0. The monoisotopic (exact) mass is 494 g/mol. The average molecular weight is 495 g/mol. The molecule has 0 saturated heterocycles. The van der Waals surface area contributed by atoms with Crippen LogP contribution in [0.1, 0.15) is 31.2 Å². The van der Waals surface area contributed by atoms with Crippen molar-refractivity contribution in [2.24, 2.45) is 17.3 Å². The van der Waals surface area contributed by atoms with E-state index in [1.165, 1.54) is 35.5 Å². The molecule has 35 heavy (non-hydrogen) atoms. The number of nitrogens with zero attached hydrogens (tertiary/aromatic N) is 1. The van der Waals surface area contributed by atoms with Crippen LogP contribution >= 0.6 is 0 Å². The van der Waals surface area contributed by atoms with Gasteiger partial charge in [0, 0.05) is 36.7 Å². The van der Waals surface area contributed by atoms with Crippen LogP contribution in [-0.2, 0) is 11.0 Å². The van der Waals surface area contributed by atoms with Crippen LogP contribution in [0.25, 0.3) is 0 Å². The van der Waals surface area contributed by atoms with Crippen LogP contribution in [0, 0.1) is 5.82 Å². The van der Waals surface area contributed by atoms with Gasteiger partial charge in [-0.3, -0.25) is 4.79 Å². The molecule has 1 amide bonds. The Labute approximate surface area is 201 Å². The number of benzene rings is 2. The van der Waals surface area contributed by atoms with Gasteiger partial charge >= 0.3 is 6.18 Å². The van der Waals surface area contributed by atoms with Crippen LogP contribution in [0.3, 0.4) is 0 Å². The molecule has 0 aromatic heterocycles. The van der Waals surface area contributed by atoms with E-state index in [4.69, 9.17) is 17.3 Å². The number of carbonyl (C=O) groups is 1. The Bertz CT molecular complexity index is 1020. The van der Waals surface area contributed by atoms with Gasteiger partial charge in [0.25, 0.3) is 0 Å². The number of amides is 1. The average Bonchev–Trinajstić information content (AvgIpc) is 2.83. The summed E-state index contributed by atoms with van der Waals surface area (Å²) in [4.78, 5) is 12.0. The second-order valence-corrected chi connectivity index (χ2v) is 8.71. The van der Waals surface area contributed by atoms with E-state index in [1.54, 1.807) is 12.1 Å². The molecule has 190 valence electrons. The SMILES string of the molecule is NCC1(N(N)C=C(CNc2ccc(F)cc2)C(N)=O)CCC(Nc2ccc(C(F)(F)F)cc2)CC1. The number of rotatable bonds is 9. The van der Waals surface area contributed by atoms with Crippen molar-refractivity contribution in [3.8, 4) is 0 Å². The first-order chi connectivity index (χ1) is 16.5. The summed E-state index contributed by atoms with van der Waals surface area (Å²) in [5.74, 6) is 5.32. The van der Waals surface area contributed by atoms with Crippen molar-refractivity contribution in [3.63, 3.8) is 0 Å². The van der Waals surface area contributed by atoms with Crippen molar-refractivity contribution in [2.75, 3.05) is 23.7 Å². The normalized spacial score (nSPS) is 20.9. The van der Waals surface area contributed by atoms with Crippen LogP contribution in [0.15, 0.2) is 60.3 Å². The molecule has 11 heteroatoms. The van der Waals surface area contributed by atoms with E-state index in [1.807, 2.05) is 0 Å². The Morgan fingerprint density at radius 3 is 2.14 bits per heavy atom. The summed E-state index contributed by atoms with van der Waals surface area (Å²) in [6, 6.07) is 10.6. The highest BCUT2D eigenvalue weighted by molar-refractivity contribution is 5.92. The molecule has 0 heterocycles. The van der Waals surface area contributed by atoms with E-state index < -0.39 is 23.2 Å². The fourth-order valence-corrected chi connectivity index (χ4v) is 4.12. The molecule has 8 N–H and O–H groups in total. The number of primary amides is 1. The molecule has 0 aliphatic heterocycles. The molecule has 0 spiro atoms. The third-order valence-corrected chi connectivity index (χ3v) is 6.37. The highest BCUT2D eigenvalue weighted by atomic mass is 19.4. The third kappa shape index (κ3) is 6.86. The van der Waals surface area contributed by atoms with Crippen LogP contribution in [0.5, 0.6) is 0 Å². The Hall–Kier alpha value is -3.31. The molecular formula is C24H30F4N6O. The minimum absolute atomic E-state index is 0.0412. The number of nitrogens with one attached hydrogen (secondary N) is 2. The fourth-order valence-electron chi connectivity index (χ4n) is 4.12. The van der Waals surface area contributed by atoms with E-state index in [-0.39, 0.29) is 30.5 Å². The third-order valence-electron chi connectivity index (χ3n) is 6.37. The molecule has 0 bridgehead atoms. The maximum absolute atomic E-state index is 13.1. The number of alkyl halides is 3. The molecule has 2 aromatic rings. The standard InChI is InChI=1S/C24H30F4N6O/c25-18-3-7-19(8-4-18)32-13-16(22(30)35)14-34(31)23(15-29)11-9-21(10-12-23)33-20-5-1-17(2-6-20)24(26,27)28/h1-8,14,21,32-33H,9-13,15,29,31H2,(H2,30,35). The molecule has 0 radical (unpaired) electrons. The lowest BCUT2D eigenvalue weighted by atomic mass is 9.78. The Morgan fingerprint density at radius 1 is 1.06 bits per heavy atom. The van der Waals surface area contributed by atoms with Crippen molar-refractivity contribution in [2.45, 2.75) is 43.4 Å². The lowest BCUT2D eigenvalue weighted by molar-refractivity contribution is -0.137. The molecule has 7 nitrogen and oxygen atoms in total. The molecule has 1 fully saturated rings. The van der Waals surface area contributed by atoms with Gasteiger partial charge in [0.2, 0.25) is 5.91 Å². The number of hydrogen-bond acceptors (Lipinski definition) is 6. The topological polar surface area (TPSA) is 122 Å². The van der Waals surface area contributed by atoms with Crippen molar-refractivity contribution < 1.29 is 22.4 Å². The Kier molecular flexibility index (Phi) is 8.23. The van der Waals surface area contributed by atoms with Crippen molar-refractivity contribution in [3.05, 3.63) is 71.7 Å². The molecule has 1 aliphatic carbocycles. The zero-order valence-corrected chi connectivity index (χ0v) is 19.1. The van der Waals surface area contributed by atoms with Gasteiger partial charge < -0.3 is 27.1 Å². The van der Waals surface area contributed by atoms with Crippen LogP contribution < -0.4 is 27.9 Å². The summed E-state index contributed by atoms with van der Waals surface area (Å²) in [6.45, 7) is 0.331. The van der Waals surface area contributed by atoms with Gasteiger partial charge in [-0.1, -0.05) is 0 Å². The summed E-state index contributed by atoms with van der Waals surface area (Å²) in [7, 11) is 0. The van der Waals surface area contributed by atoms with Crippen LogP contribution in [0.4, 0.5) is 28.9 Å². The molecule has 0 atom stereocenters. The summed E-state index contributed by atoms with van der Waals surface area (Å²) >= 11 is 0. The molecule has 1 saturated carbocycles. The molecule has 3 rings (SSSR count). The summed E-state index contributed by atoms with van der Waals surface area (Å²) in [5, 5.41) is 7.72. The van der Waals surface area contributed by atoms with E-state index in [9.17, 15) is 22.4 Å². The highest BCUT2D eigenvalue weighted by Gasteiger charge is 2.38. The first-order valence-electron chi connectivity index (χ1n) is 11.2. The predicted molar refractivity (Wildman–Crippen MR) is 127 cm³/mol. The van der Waals surface area contributed by atoms with Gasteiger partial charge in [0.1, 0.15) is 5.82 Å². The minimum Gasteiger partial charge on any atom is -0.382 e. The lowest BCUT2D eigenvalue weighted by Gasteiger charge is -2.45. The summed E-state index contributed by atoms with van der Waals surface area (Å²) < 4.78 is 51.4. The number of hydrogen-bond donors (Lipinski definition) is 5. The zero-order valence-electron chi connectivity index (χ0n) is 19.1. The van der Waals surface area contributed by atoms with Gasteiger partial charge in [0.05, 0.1) is 16.7 Å². The number of carbonyl (C=O) groups excluding carboxylic acids is 1. The maximum Gasteiger partial charge on any atom is 0.416 e. The molecule has 2 aromatic carbocycles. The number of hydrazine groups is 1. The van der Waals surface area contributed by atoms with Gasteiger partial charge in [0.15, 0.2) is 0 Å². The maximum atomic E-state index is 13.1. The van der Waals surface area contributed by atoms with Crippen molar-refractivity contribution in [1.82, 2.24) is 5.01 Å². The van der Waals surface area contributed by atoms with Gasteiger partial charge in [-0.2, -0.15) is 13.2 Å². The van der Waals surface area contributed by atoms with Crippen molar-refractivity contribution in [1.29, 1.82) is 0 Å². The quantitative estimate of drug-likeness (QED) is 0.157. The molecule has 1 aliphatic rings. The smallest absolute Gasteiger partial charge is 0.382 e. The van der Waals surface area contributed by atoms with Gasteiger partial charge in [-0.25, -0.2) is 10.2 Å². The first kappa shape index (κ1) is 26.3. The molecular weight excluding hydrogens is 464 g/mol. The summed E-state index contributed by atoms with van der Waals surface area (Å²) in [5.41, 5.74) is 11.8. The number of anilines is 2. The number of halogens is 4. The van der Waals surface area contributed by atoms with E-state index >= 15 is 0 Å². The fraction of sp³-hybridized carbons (Fsp3) is 0.375. The zero-order chi connectivity index (χ0) is 25.6. The largest absolute Gasteiger partial charge is 0.416 e. The Balaban J connectivity index is 1.61. The van der Waals surface area contributed by atoms with E-state index in [0.29, 0.717) is 37.1 Å². The van der Waals surface area contributed by atoms with Crippen LogP contribution in [-0.4, -0.2) is 35.6 Å². The minimum atomic E-state index is -4.37. The van der Waals surface area contributed by atoms with E-state index in [2.05, 4.69) is 10.6 Å². The first-order valence-corrected chi connectivity index (χ1v) is 11.2. The molecule has 0 unspecified atom stereocenters. The van der Waals surface area contributed by atoms with E-state index in [0.717, 1.165) is 12.1 Å². The van der Waals surface area contributed by atoms with Crippen molar-refractivity contribution >= 4 is 17.3 Å². The predicted octanol–water partition coefficient (Wildman–Crippen LogP) is 3.55. The van der Waals surface area contributed by atoms with Gasteiger partial charge in [-0.05, 0) is 74.2 Å². The Morgan fingerprint density at radius 2 is 1.63 bits per heavy atom. The lowest BCUT2D eigenvalue weighted by Crippen LogP contribution is -2.57. The summed E-state index contributed by atoms with van der Waals surface area (Å²) in [6.07, 6.45) is -0.326. The highest BCUT2D eigenvalue weighted by Crippen LogP contribution is 2.34. The number of nitrogens with two attached hydrogens (primary N) is 3.